The number of nitrogens with one attached hydrogen (secondary N) is 1. The van der Waals surface area contributed by atoms with E-state index in [1.165, 1.54) is 12.1 Å². The normalized spacial score (nSPS) is 19.0. The lowest BCUT2D eigenvalue weighted by atomic mass is 10.2. The molecule has 20 heavy (non-hydrogen) atoms. The number of alkyl carbamates (subject to hydrolysis) is 1. The van der Waals surface area contributed by atoms with Crippen molar-refractivity contribution in [2.75, 3.05) is 18.0 Å². The van der Waals surface area contributed by atoms with Crippen LogP contribution in [-0.4, -0.2) is 30.8 Å². The summed E-state index contributed by atoms with van der Waals surface area (Å²) in [4.78, 5) is 13.8. The van der Waals surface area contributed by atoms with Crippen molar-refractivity contribution in [2.45, 2.75) is 38.8 Å². The van der Waals surface area contributed by atoms with E-state index in [1.54, 1.807) is 6.07 Å². The number of anilines is 1. The summed E-state index contributed by atoms with van der Waals surface area (Å²) in [5.74, 6) is -0.244. The molecule has 0 aromatic heterocycles. The third kappa shape index (κ3) is 4.11. The Morgan fingerprint density at radius 2 is 2.20 bits per heavy atom. The first kappa shape index (κ1) is 14.6. The fourth-order valence-electron chi connectivity index (χ4n) is 2.26. The van der Waals surface area contributed by atoms with E-state index >= 15 is 0 Å². The van der Waals surface area contributed by atoms with Crippen LogP contribution in [0.1, 0.15) is 27.2 Å². The molecular weight excluding hydrogens is 259 g/mol. The monoisotopic (exact) mass is 280 g/mol. The molecule has 1 saturated heterocycles. The molecule has 1 N–H and O–H groups in total. The van der Waals surface area contributed by atoms with E-state index in [1.807, 2.05) is 26.8 Å². The lowest BCUT2D eigenvalue weighted by Crippen LogP contribution is -2.40. The standard InChI is InChI=1S/C15H21FN2O2/c1-15(2,3)20-14(19)17-12-7-8-18(10-12)13-6-4-5-11(16)9-13/h4-6,9,12H,7-8,10H2,1-3H3,(H,17,19). The molecule has 1 heterocycles. The van der Waals surface area contributed by atoms with E-state index in [0.29, 0.717) is 6.54 Å². The second-order valence-electron chi connectivity index (χ2n) is 6.06. The summed E-state index contributed by atoms with van der Waals surface area (Å²) in [6.07, 6.45) is 0.430. The number of carbonyl (C=O) groups is 1. The number of hydrogen-bond donors (Lipinski definition) is 1. The maximum atomic E-state index is 13.2. The number of benzene rings is 1. The average molecular weight is 280 g/mol. The van der Waals surface area contributed by atoms with E-state index in [4.69, 9.17) is 4.74 Å². The van der Waals surface area contributed by atoms with Gasteiger partial charge in [0.05, 0.1) is 6.04 Å². The average Bonchev–Trinajstić information content (AvgIpc) is 2.74. The van der Waals surface area contributed by atoms with E-state index in [0.717, 1.165) is 18.7 Å². The summed E-state index contributed by atoms with van der Waals surface area (Å²) in [5, 5.41) is 2.85. The Hall–Kier alpha value is -1.78. The van der Waals surface area contributed by atoms with Crippen molar-refractivity contribution in [3.8, 4) is 0 Å². The quantitative estimate of drug-likeness (QED) is 0.905. The highest BCUT2D eigenvalue weighted by Crippen LogP contribution is 2.21. The number of hydrogen-bond acceptors (Lipinski definition) is 3. The van der Waals surface area contributed by atoms with Gasteiger partial charge in [0.15, 0.2) is 0 Å². The fraction of sp³-hybridized carbons (Fsp3) is 0.533. The Kier molecular flexibility index (Phi) is 4.16. The molecule has 0 spiro atoms. The first-order valence-electron chi connectivity index (χ1n) is 6.83. The second kappa shape index (κ2) is 5.69. The zero-order chi connectivity index (χ0) is 14.8. The van der Waals surface area contributed by atoms with Gasteiger partial charge in [0.25, 0.3) is 0 Å². The van der Waals surface area contributed by atoms with E-state index in [-0.39, 0.29) is 11.9 Å². The van der Waals surface area contributed by atoms with Gasteiger partial charge in [-0.1, -0.05) is 6.07 Å². The number of amides is 1. The summed E-state index contributed by atoms with van der Waals surface area (Å²) >= 11 is 0. The predicted molar refractivity (Wildman–Crippen MR) is 76.4 cm³/mol. The van der Waals surface area contributed by atoms with Crippen LogP contribution < -0.4 is 10.2 Å². The van der Waals surface area contributed by atoms with Crippen molar-refractivity contribution in [1.29, 1.82) is 0 Å². The van der Waals surface area contributed by atoms with Gasteiger partial charge in [-0.05, 0) is 45.4 Å². The molecule has 110 valence electrons. The van der Waals surface area contributed by atoms with Gasteiger partial charge in [0.1, 0.15) is 11.4 Å². The molecule has 1 aliphatic heterocycles. The van der Waals surface area contributed by atoms with Crippen LogP contribution in [0.3, 0.4) is 0 Å². The lowest BCUT2D eigenvalue weighted by Gasteiger charge is -2.22. The predicted octanol–water partition coefficient (Wildman–Crippen LogP) is 2.93. The highest BCUT2D eigenvalue weighted by atomic mass is 19.1. The minimum Gasteiger partial charge on any atom is -0.444 e. The van der Waals surface area contributed by atoms with Crippen molar-refractivity contribution >= 4 is 11.8 Å². The first-order valence-corrected chi connectivity index (χ1v) is 6.83. The molecule has 1 aliphatic rings. The van der Waals surface area contributed by atoms with Crippen molar-refractivity contribution in [3.05, 3.63) is 30.1 Å². The van der Waals surface area contributed by atoms with E-state index in [9.17, 15) is 9.18 Å². The first-order chi connectivity index (χ1) is 9.33. The van der Waals surface area contributed by atoms with E-state index in [2.05, 4.69) is 10.2 Å². The SMILES string of the molecule is CC(C)(C)OC(=O)NC1CCN(c2cccc(F)c2)C1. The van der Waals surface area contributed by atoms with Crippen molar-refractivity contribution < 1.29 is 13.9 Å². The van der Waals surface area contributed by atoms with Crippen LogP contribution in [0.15, 0.2) is 24.3 Å². The van der Waals surface area contributed by atoms with Crippen LogP contribution in [0.5, 0.6) is 0 Å². The Labute approximate surface area is 118 Å². The molecule has 0 saturated carbocycles. The molecule has 1 aromatic carbocycles. The van der Waals surface area contributed by atoms with Crippen LogP contribution in [-0.2, 0) is 4.74 Å². The minimum absolute atomic E-state index is 0.0353. The van der Waals surface area contributed by atoms with Gasteiger partial charge in [-0.15, -0.1) is 0 Å². The van der Waals surface area contributed by atoms with Crippen molar-refractivity contribution in [1.82, 2.24) is 5.32 Å². The summed E-state index contributed by atoms with van der Waals surface area (Å²) in [7, 11) is 0. The summed E-state index contributed by atoms with van der Waals surface area (Å²) in [6, 6.07) is 6.54. The number of halogens is 1. The Morgan fingerprint density at radius 3 is 2.85 bits per heavy atom. The molecule has 0 radical (unpaired) electrons. The van der Waals surface area contributed by atoms with E-state index < -0.39 is 11.7 Å². The molecule has 4 nitrogen and oxygen atoms in total. The molecular formula is C15H21FN2O2. The largest absolute Gasteiger partial charge is 0.444 e. The molecule has 0 aliphatic carbocycles. The highest BCUT2D eigenvalue weighted by molar-refractivity contribution is 5.68. The van der Waals surface area contributed by atoms with Crippen LogP contribution in [0.25, 0.3) is 0 Å². The molecule has 1 atom stereocenters. The molecule has 5 heteroatoms. The third-order valence-corrected chi connectivity index (χ3v) is 3.08. The molecule has 0 bridgehead atoms. The van der Waals surface area contributed by atoms with Crippen LogP contribution in [0.4, 0.5) is 14.9 Å². The maximum Gasteiger partial charge on any atom is 0.407 e. The lowest BCUT2D eigenvalue weighted by molar-refractivity contribution is 0.0509. The fourth-order valence-corrected chi connectivity index (χ4v) is 2.26. The zero-order valence-corrected chi connectivity index (χ0v) is 12.1. The summed E-state index contributed by atoms with van der Waals surface area (Å²) < 4.78 is 18.4. The number of ether oxygens (including phenoxy) is 1. The van der Waals surface area contributed by atoms with Crippen LogP contribution >= 0.6 is 0 Å². The van der Waals surface area contributed by atoms with Gasteiger partial charge in [0, 0.05) is 18.8 Å². The zero-order valence-electron chi connectivity index (χ0n) is 12.1. The maximum absolute atomic E-state index is 13.2. The van der Waals surface area contributed by atoms with Gasteiger partial charge in [-0.25, -0.2) is 9.18 Å². The summed E-state index contributed by atoms with van der Waals surface area (Å²) in [6.45, 7) is 6.97. The van der Waals surface area contributed by atoms with Gasteiger partial charge in [0.2, 0.25) is 0 Å². The number of carbonyl (C=O) groups excluding carboxylic acids is 1. The van der Waals surface area contributed by atoms with Gasteiger partial charge in [-0.2, -0.15) is 0 Å². The van der Waals surface area contributed by atoms with Gasteiger partial charge in [-0.3, -0.25) is 0 Å². The number of rotatable bonds is 2. The third-order valence-electron chi connectivity index (χ3n) is 3.08. The summed E-state index contributed by atoms with van der Waals surface area (Å²) in [5.41, 5.74) is 0.351. The minimum atomic E-state index is -0.495. The molecule has 1 fully saturated rings. The number of nitrogens with zero attached hydrogens (tertiary/aromatic N) is 1. The van der Waals surface area contributed by atoms with Gasteiger partial charge >= 0.3 is 6.09 Å². The van der Waals surface area contributed by atoms with Crippen molar-refractivity contribution in [3.63, 3.8) is 0 Å². The molecule has 1 aromatic rings. The topological polar surface area (TPSA) is 41.6 Å². The molecule has 1 unspecified atom stereocenters. The van der Waals surface area contributed by atoms with Crippen LogP contribution in [0, 0.1) is 5.82 Å². The molecule has 1 amide bonds. The molecule has 2 rings (SSSR count). The second-order valence-corrected chi connectivity index (χ2v) is 6.06. The highest BCUT2D eigenvalue weighted by Gasteiger charge is 2.26. The Balaban J connectivity index is 1.88. The Bertz CT molecular complexity index is 485. The smallest absolute Gasteiger partial charge is 0.407 e. The van der Waals surface area contributed by atoms with Crippen LogP contribution in [0.2, 0.25) is 0 Å². The Morgan fingerprint density at radius 1 is 1.45 bits per heavy atom. The van der Waals surface area contributed by atoms with Gasteiger partial charge < -0.3 is 15.0 Å². The van der Waals surface area contributed by atoms with Crippen molar-refractivity contribution in [2.24, 2.45) is 0 Å².